The largest absolute Gasteiger partial charge is 0.507 e. The summed E-state index contributed by atoms with van der Waals surface area (Å²) in [6.45, 7) is 1.34. The van der Waals surface area contributed by atoms with E-state index in [1.165, 1.54) is 4.90 Å². The molecule has 3 aromatic rings. The van der Waals surface area contributed by atoms with Crippen molar-refractivity contribution in [1.29, 1.82) is 0 Å². The molecule has 7 nitrogen and oxygen atoms in total. The lowest BCUT2D eigenvalue weighted by Gasteiger charge is -2.27. The second kappa shape index (κ2) is 10.9. The normalized spacial score (nSPS) is 20.8. The number of hydrogen-bond donors (Lipinski definition) is 1. The van der Waals surface area contributed by atoms with Crippen molar-refractivity contribution in [2.24, 2.45) is 0 Å². The monoisotopic (exact) mass is 499 g/mol. The number of aliphatic hydroxyl groups is 1. The molecular weight excluding hydrogens is 470 g/mol. The van der Waals surface area contributed by atoms with E-state index in [-0.39, 0.29) is 24.0 Å². The second-order valence-electron chi connectivity index (χ2n) is 9.16. The maximum Gasteiger partial charge on any atom is 0.295 e. The van der Waals surface area contributed by atoms with Gasteiger partial charge in [0.05, 0.1) is 24.8 Å². The third-order valence-corrected chi connectivity index (χ3v) is 6.77. The highest BCUT2D eigenvalue weighted by molar-refractivity contribution is 6.46. The standard InChI is InChI=1S/C30H29NO6/c1-35-23-13-11-22(12-14-23)28(32)26-27(31(30(34)29(26)33)18-25-8-5-17-36-25)21-9-15-24(16-10-21)37-19-20-6-3-2-4-7-20/h2-4,6-7,9-16,25,27,32H,5,8,17-19H2,1H3/t25-,27-/m1/s1. The van der Waals surface area contributed by atoms with Gasteiger partial charge in [-0.25, -0.2) is 0 Å². The zero-order chi connectivity index (χ0) is 25.8. The summed E-state index contributed by atoms with van der Waals surface area (Å²) in [5.41, 5.74) is 2.25. The molecule has 0 unspecified atom stereocenters. The van der Waals surface area contributed by atoms with Gasteiger partial charge in [-0.1, -0.05) is 42.5 Å². The molecule has 37 heavy (non-hydrogen) atoms. The molecule has 2 fully saturated rings. The molecule has 0 aliphatic carbocycles. The van der Waals surface area contributed by atoms with E-state index in [1.807, 2.05) is 54.6 Å². The SMILES string of the molecule is COc1ccc(C(O)=C2C(=O)C(=O)N(C[C@H]3CCCO3)[C@@H]2c2ccc(OCc3ccccc3)cc2)cc1. The highest BCUT2D eigenvalue weighted by atomic mass is 16.5. The number of carbonyl (C=O) groups excluding carboxylic acids is 2. The van der Waals surface area contributed by atoms with Crippen LogP contribution < -0.4 is 9.47 Å². The van der Waals surface area contributed by atoms with E-state index in [0.29, 0.717) is 35.8 Å². The number of aliphatic hydroxyl groups excluding tert-OH is 1. The Morgan fingerprint density at radius 2 is 1.68 bits per heavy atom. The fraction of sp³-hybridized carbons (Fsp3) is 0.267. The zero-order valence-corrected chi connectivity index (χ0v) is 20.6. The third-order valence-electron chi connectivity index (χ3n) is 6.77. The van der Waals surface area contributed by atoms with Gasteiger partial charge >= 0.3 is 0 Å². The third kappa shape index (κ3) is 5.22. The number of likely N-dealkylation sites (tertiary alicyclic amines) is 1. The van der Waals surface area contributed by atoms with Gasteiger partial charge in [0.1, 0.15) is 23.9 Å². The molecule has 190 valence electrons. The number of ether oxygens (including phenoxy) is 3. The molecule has 2 saturated heterocycles. The first-order chi connectivity index (χ1) is 18.0. The van der Waals surface area contributed by atoms with Crippen LogP contribution in [0.3, 0.4) is 0 Å². The Morgan fingerprint density at radius 1 is 0.973 bits per heavy atom. The highest BCUT2D eigenvalue weighted by Gasteiger charge is 2.47. The lowest BCUT2D eigenvalue weighted by Crippen LogP contribution is -2.36. The van der Waals surface area contributed by atoms with E-state index in [1.54, 1.807) is 31.4 Å². The highest BCUT2D eigenvalue weighted by Crippen LogP contribution is 2.40. The maximum absolute atomic E-state index is 13.2. The number of carbonyl (C=O) groups is 2. The fourth-order valence-corrected chi connectivity index (χ4v) is 4.81. The Kier molecular flexibility index (Phi) is 7.23. The predicted molar refractivity (Wildman–Crippen MR) is 138 cm³/mol. The molecule has 2 aliphatic rings. The van der Waals surface area contributed by atoms with Crippen LogP contribution in [0.25, 0.3) is 5.76 Å². The van der Waals surface area contributed by atoms with Gasteiger partial charge in [-0.05, 0) is 60.4 Å². The number of ketones is 1. The average molecular weight is 500 g/mol. The van der Waals surface area contributed by atoms with Crippen LogP contribution in [-0.4, -0.2) is 48.1 Å². The molecule has 0 spiro atoms. The molecule has 0 bridgehead atoms. The molecule has 5 rings (SSSR count). The molecule has 0 radical (unpaired) electrons. The van der Waals surface area contributed by atoms with Gasteiger partial charge in [-0.3, -0.25) is 9.59 Å². The van der Waals surface area contributed by atoms with E-state index < -0.39 is 17.7 Å². The van der Waals surface area contributed by atoms with Gasteiger partial charge < -0.3 is 24.2 Å². The zero-order valence-electron chi connectivity index (χ0n) is 20.6. The van der Waals surface area contributed by atoms with Gasteiger partial charge in [-0.15, -0.1) is 0 Å². The number of benzene rings is 3. The van der Waals surface area contributed by atoms with Crippen molar-refractivity contribution in [2.75, 3.05) is 20.3 Å². The van der Waals surface area contributed by atoms with Crippen molar-refractivity contribution in [2.45, 2.75) is 31.6 Å². The minimum absolute atomic E-state index is 0.0612. The van der Waals surface area contributed by atoms with E-state index in [4.69, 9.17) is 14.2 Å². The van der Waals surface area contributed by atoms with Crippen LogP contribution in [0.5, 0.6) is 11.5 Å². The first kappa shape index (κ1) is 24.6. The van der Waals surface area contributed by atoms with Crippen molar-refractivity contribution >= 4 is 17.4 Å². The van der Waals surface area contributed by atoms with Crippen molar-refractivity contribution in [3.8, 4) is 11.5 Å². The summed E-state index contributed by atoms with van der Waals surface area (Å²) >= 11 is 0. The summed E-state index contributed by atoms with van der Waals surface area (Å²) in [6, 6.07) is 23.2. The lowest BCUT2D eigenvalue weighted by molar-refractivity contribution is -0.140. The number of methoxy groups -OCH3 is 1. The number of hydrogen-bond acceptors (Lipinski definition) is 6. The minimum atomic E-state index is -0.741. The van der Waals surface area contributed by atoms with Crippen molar-refractivity contribution in [1.82, 2.24) is 4.90 Å². The summed E-state index contributed by atoms with van der Waals surface area (Å²) in [4.78, 5) is 27.9. The Hall–Kier alpha value is -4.10. The predicted octanol–water partition coefficient (Wildman–Crippen LogP) is 4.87. The van der Waals surface area contributed by atoms with Gasteiger partial charge in [0.15, 0.2) is 0 Å². The van der Waals surface area contributed by atoms with E-state index in [2.05, 4.69) is 0 Å². The molecule has 0 aromatic heterocycles. The number of amides is 1. The number of Topliss-reactive ketones (excluding diaryl/α,β-unsaturated/α-hetero) is 1. The fourth-order valence-electron chi connectivity index (χ4n) is 4.81. The Morgan fingerprint density at radius 3 is 2.32 bits per heavy atom. The molecule has 1 N–H and O–H groups in total. The molecule has 2 aliphatic heterocycles. The molecule has 7 heteroatoms. The smallest absolute Gasteiger partial charge is 0.295 e. The maximum atomic E-state index is 13.2. The molecule has 3 aromatic carbocycles. The van der Waals surface area contributed by atoms with Crippen LogP contribution in [0.2, 0.25) is 0 Å². The van der Waals surface area contributed by atoms with Crippen LogP contribution >= 0.6 is 0 Å². The average Bonchev–Trinajstić information content (AvgIpc) is 3.55. The second-order valence-corrected chi connectivity index (χ2v) is 9.16. The summed E-state index contributed by atoms with van der Waals surface area (Å²) < 4.78 is 16.9. The van der Waals surface area contributed by atoms with E-state index >= 15 is 0 Å². The van der Waals surface area contributed by atoms with Crippen molar-refractivity contribution in [3.05, 3.63) is 101 Å². The summed E-state index contributed by atoms with van der Waals surface area (Å²) in [5.74, 6) is -0.275. The lowest BCUT2D eigenvalue weighted by atomic mass is 9.95. The van der Waals surface area contributed by atoms with Gasteiger partial charge in [-0.2, -0.15) is 0 Å². The van der Waals surface area contributed by atoms with Gasteiger partial charge in [0, 0.05) is 18.7 Å². The van der Waals surface area contributed by atoms with Gasteiger partial charge in [0.25, 0.3) is 11.7 Å². The van der Waals surface area contributed by atoms with Crippen LogP contribution in [0.1, 0.15) is 35.6 Å². The Labute approximate surface area is 215 Å². The van der Waals surface area contributed by atoms with Crippen molar-refractivity contribution < 1.29 is 28.9 Å². The van der Waals surface area contributed by atoms with Crippen LogP contribution in [0.4, 0.5) is 0 Å². The molecule has 0 saturated carbocycles. The van der Waals surface area contributed by atoms with Gasteiger partial charge in [0.2, 0.25) is 0 Å². The summed E-state index contributed by atoms with van der Waals surface area (Å²) in [5, 5.41) is 11.2. The number of nitrogens with zero attached hydrogens (tertiary/aromatic N) is 1. The molecule has 1 amide bonds. The Bertz CT molecular complexity index is 1280. The molecule has 2 heterocycles. The number of rotatable bonds is 8. The molecule has 2 atom stereocenters. The van der Waals surface area contributed by atoms with Crippen LogP contribution in [0, 0.1) is 0 Å². The minimum Gasteiger partial charge on any atom is -0.507 e. The Balaban J connectivity index is 1.47. The van der Waals surface area contributed by atoms with Crippen molar-refractivity contribution in [3.63, 3.8) is 0 Å². The summed E-state index contributed by atoms with van der Waals surface area (Å²) in [7, 11) is 1.55. The van der Waals surface area contributed by atoms with E-state index in [0.717, 1.165) is 18.4 Å². The topological polar surface area (TPSA) is 85.3 Å². The van der Waals surface area contributed by atoms with E-state index in [9.17, 15) is 14.7 Å². The quantitative estimate of drug-likeness (QED) is 0.270. The first-order valence-corrected chi connectivity index (χ1v) is 12.4. The van der Waals surface area contributed by atoms with Crippen LogP contribution in [0.15, 0.2) is 84.4 Å². The summed E-state index contributed by atoms with van der Waals surface area (Å²) in [6.07, 6.45) is 1.59. The first-order valence-electron chi connectivity index (χ1n) is 12.4. The molecular formula is C30H29NO6. The van der Waals surface area contributed by atoms with Crippen LogP contribution in [-0.2, 0) is 20.9 Å².